The van der Waals surface area contributed by atoms with E-state index in [9.17, 15) is 57.3 Å². The third kappa shape index (κ3) is 7.42. The first-order chi connectivity index (χ1) is 18.8. The van der Waals surface area contributed by atoms with Crippen molar-refractivity contribution in [1.29, 1.82) is 0 Å². The SMILES string of the molecule is C=CC(=O)Oc1ccc([S+](c2ccccc2)c2ccccc2)cc1.O=S(=O)([O-])C(F)(F)C(F)(F)C(F)(F)C(F)(F)F. The van der Waals surface area contributed by atoms with Crippen LogP contribution in [0.25, 0.3) is 0 Å². The molecule has 0 fully saturated rings. The van der Waals surface area contributed by atoms with Gasteiger partial charge in [-0.2, -0.15) is 39.5 Å². The average molecular weight is 633 g/mol. The summed E-state index contributed by atoms with van der Waals surface area (Å²) in [6.45, 7) is 3.41. The average Bonchev–Trinajstić information content (AvgIpc) is 2.90. The van der Waals surface area contributed by atoms with Crippen molar-refractivity contribution in [2.75, 3.05) is 0 Å². The molecule has 0 radical (unpaired) electrons. The highest BCUT2D eigenvalue weighted by Crippen LogP contribution is 2.54. The Hall–Kier alpha value is -3.50. The molecule has 0 N–H and O–H groups in total. The highest BCUT2D eigenvalue weighted by Gasteiger charge is 2.83. The molecule has 0 aliphatic carbocycles. The van der Waals surface area contributed by atoms with Gasteiger partial charge in [-0.25, -0.2) is 13.2 Å². The number of esters is 1. The Balaban J connectivity index is 0.000000307. The fourth-order valence-electron chi connectivity index (χ4n) is 2.84. The molecule has 0 aliphatic heterocycles. The van der Waals surface area contributed by atoms with Crippen LogP contribution in [0, 0.1) is 0 Å². The Morgan fingerprint density at radius 2 is 1.10 bits per heavy atom. The van der Waals surface area contributed by atoms with Gasteiger partial charge in [-0.1, -0.05) is 43.0 Å². The second-order valence-corrected chi connectivity index (χ2v) is 11.1. The molecule has 3 aromatic carbocycles. The monoisotopic (exact) mass is 632 g/mol. The number of benzene rings is 3. The second kappa shape index (κ2) is 12.6. The first-order valence-electron chi connectivity index (χ1n) is 10.7. The maximum absolute atomic E-state index is 12.2. The lowest BCUT2D eigenvalue weighted by Crippen LogP contribution is -2.63. The van der Waals surface area contributed by atoms with E-state index in [1.54, 1.807) is 0 Å². The molecule has 0 aliphatic rings. The molecule has 0 aromatic heterocycles. The van der Waals surface area contributed by atoms with Gasteiger partial charge < -0.3 is 9.29 Å². The number of ether oxygens (including phenoxy) is 1. The predicted molar refractivity (Wildman–Crippen MR) is 128 cm³/mol. The van der Waals surface area contributed by atoms with Crippen molar-refractivity contribution >= 4 is 27.0 Å². The van der Waals surface area contributed by atoms with E-state index in [2.05, 4.69) is 55.1 Å². The van der Waals surface area contributed by atoms with Crippen molar-refractivity contribution in [2.24, 2.45) is 0 Å². The summed E-state index contributed by atoms with van der Waals surface area (Å²) in [4.78, 5) is 15.0. The van der Waals surface area contributed by atoms with Crippen LogP contribution in [0.5, 0.6) is 5.75 Å². The molecule has 0 heterocycles. The van der Waals surface area contributed by atoms with Crippen molar-refractivity contribution in [2.45, 2.75) is 38.0 Å². The van der Waals surface area contributed by atoms with Crippen molar-refractivity contribution in [3.63, 3.8) is 0 Å². The van der Waals surface area contributed by atoms with Gasteiger partial charge >= 0.3 is 29.2 Å². The van der Waals surface area contributed by atoms with Crippen LogP contribution in [0.1, 0.15) is 0 Å². The third-order valence-electron chi connectivity index (χ3n) is 4.83. The summed E-state index contributed by atoms with van der Waals surface area (Å²) >= 11 is 0. The molecule has 0 bridgehead atoms. The molecular weight excluding hydrogens is 615 g/mol. The molecule has 222 valence electrons. The van der Waals surface area contributed by atoms with Gasteiger partial charge in [0, 0.05) is 6.08 Å². The Labute approximate surface area is 230 Å². The summed E-state index contributed by atoms with van der Waals surface area (Å²) in [7, 11) is -7.61. The fourth-order valence-corrected chi connectivity index (χ4v) is 5.37. The number of halogens is 9. The molecule has 3 rings (SSSR count). The number of hydrogen-bond acceptors (Lipinski definition) is 5. The number of alkyl halides is 9. The largest absolute Gasteiger partial charge is 0.743 e. The topological polar surface area (TPSA) is 83.5 Å². The van der Waals surface area contributed by atoms with Gasteiger partial charge in [-0.05, 0) is 48.5 Å². The van der Waals surface area contributed by atoms with Crippen LogP contribution in [-0.2, 0) is 25.8 Å². The summed E-state index contributed by atoms with van der Waals surface area (Å²) < 4.78 is 141. The zero-order valence-corrected chi connectivity index (χ0v) is 21.8. The van der Waals surface area contributed by atoms with Crippen LogP contribution in [-0.4, -0.2) is 42.2 Å². The highest BCUT2D eigenvalue weighted by atomic mass is 32.2. The van der Waals surface area contributed by atoms with E-state index in [1.165, 1.54) is 14.7 Å². The van der Waals surface area contributed by atoms with Gasteiger partial charge in [0.15, 0.2) is 24.8 Å². The van der Waals surface area contributed by atoms with Crippen molar-refractivity contribution in [1.82, 2.24) is 0 Å². The van der Waals surface area contributed by atoms with Gasteiger partial charge in [-0.3, -0.25) is 0 Å². The molecule has 16 heteroatoms. The molecule has 5 nitrogen and oxygen atoms in total. The van der Waals surface area contributed by atoms with Crippen molar-refractivity contribution < 1.29 is 62.0 Å². The van der Waals surface area contributed by atoms with E-state index in [1.807, 2.05) is 36.4 Å². The normalized spacial score (nSPS) is 12.8. The van der Waals surface area contributed by atoms with Gasteiger partial charge in [0.2, 0.25) is 0 Å². The number of rotatable bonds is 8. The number of carbonyl (C=O) groups is 1. The quantitative estimate of drug-likeness (QED) is 0.0679. The Morgan fingerprint density at radius 3 is 1.44 bits per heavy atom. The fraction of sp³-hybridized carbons (Fsp3) is 0.160. The van der Waals surface area contributed by atoms with Gasteiger partial charge in [0.25, 0.3) is 0 Å². The maximum Gasteiger partial charge on any atom is 0.460 e. The van der Waals surface area contributed by atoms with E-state index >= 15 is 0 Å². The maximum atomic E-state index is 12.2. The number of carbonyl (C=O) groups excluding carboxylic acids is 1. The minimum absolute atomic E-state index is 0.198. The summed E-state index contributed by atoms with van der Waals surface area (Å²) in [5, 5.41) is -7.11. The lowest BCUT2D eigenvalue weighted by atomic mass is 10.1. The minimum Gasteiger partial charge on any atom is -0.743 e. The molecule has 0 spiro atoms. The van der Waals surface area contributed by atoms with E-state index in [-0.39, 0.29) is 10.9 Å². The summed E-state index contributed by atoms with van der Waals surface area (Å²) in [5.41, 5.74) is 0. The van der Waals surface area contributed by atoms with E-state index in [0.717, 1.165) is 6.08 Å². The van der Waals surface area contributed by atoms with Crippen LogP contribution in [0.3, 0.4) is 0 Å². The van der Waals surface area contributed by atoms with Crippen LogP contribution < -0.4 is 4.74 Å². The first-order valence-corrected chi connectivity index (χ1v) is 13.4. The Morgan fingerprint density at radius 1 is 0.707 bits per heavy atom. The molecule has 41 heavy (non-hydrogen) atoms. The molecule has 3 aromatic rings. The van der Waals surface area contributed by atoms with Gasteiger partial charge in [0.05, 0.1) is 10.9 Å². The Kier molecular flexibility index (Phi) is 10.3. The van der Waals surface area contributed by atoms with Crippen molar-refractivity contribution in [3.8, 4) is 5.75 Å². The van der Waals surface area contributed by atoms with E-state index in [0.29, 0.717) is 5.75 Å². The van der Waals surface area contributed by atoms with Crippen LogP contribution in [0.15, 0.2) is 112 Å². The van der Waals surface area contributed by atoms with Crippen LogP contribution in [0.2, 0.25) is 0 Å². The summed E-state index contributed by atoms with van der Waals surface area (Å²) in [6.07, 6.45) is -6.00. The van der Waals surface area contributed by atoms with Crippen LogP contribution >= 0.6 is 0 Å². The van der Waals surface area contributed by atoms with Gasteiger partial charge in [-0.15, -0.1) is 0 Å². The summed E-state index contributed by atoms with van der Waals surface area (Å²) in [6, 6.07) is 28.5. The summed E-state index contributed by atoms with van der Waals surface area (Å²) in [5.74, 6) is -14.7. The first kappa shape index (κ1) is 33.7. The molecule has 0 saturated heterocycles. The van der Waals surface area contributed by atoms with Crippen LogP contribution in [0.4, 0.5) is 39.5 Å². The molecule has 0 unspecified atom stereocenters. The minimum atomic E-state index is -7.43. The predicted octanol–water partition coefficient (Wildman–Crippen LogP) is 6.83. The molecular formula is C25H17F9O5S2. The van der Waals surface area contributed by atoms with Crippen molar-refractivity contribution in [3.05, 3.63) is 97.6 Å². The molecule has 0 atom stereocenters. The number of hydrogen-bond donors (Lipinski definition) is 0. The Bertz CT molecular complexity index is 1390. The lowest BCUT2D eigenvalue weighted by Gasteiger charge is -2.34. The highest BCUT2D eigenvalue weighted by molar-refractivity contribution is 7.97. The zero-order valence-electron chi connectivity index (χ0n) is 20.1. The van der Waals surface area contributed by atoms with E-state index < -0.39 is 39.4 Å². The zero-order chi connectivity index (χ0) is 31.3. The molecule has 0 amide bonds. The standard InChI is InChI=1S/C21H17O2S.C4HF9O3S/c1-2-21(22)23-17-13-15-20(16-14-17)24(18-9-5-3-6-10-18)19-11-7-4-8-12-19;5-1(6,3(9,10)11)2(7,8)4(12,13)17(14,15)16/h2-16H,1H2;(H,14,15,16)/q+1;/p-1. The van der Waals surface area contributed by atoms with Gasteiger partial charge in [0.1, 0.15) is 5.75 Å². The smallest absolute Gasteiger partial charge is 0.460 e. The lowest BCUT2D eigenvalue weighted by molar-refractivity contribution is -0.382. The van der Waals surface area contributed by atoms with E-state index in [4.69, 9.17) is 4.74 Å². The molecule has 0 saturated carbocycles. The third-order valence-corrected chi connectivity index (χ3v) is 7.95. The second-order valence-electron chi connectivity index (χ2n) is 7.65.